The van der Waals surface area contributed by atoms with Gasteiger partial charge in [-0.3, -0.25) is 14.8 Å². The third kappa shape index (κ3) is 3.19. The lowest BCUT2D eigenvalue weighted by Gasteiger charge is -2.28. The molecule has 0 aliphatic carbocycles. The number of nitrogens with one attached hydrogen (secondary N) is 1. The molecule has 110 valence electrons. The van der Waals surface area contributed by atoms with E-state index in [-0.39, 0.29) is 5.91 Å². The fourth-order valence-electron chi connectivity index (χ4n) is 2.81. The van der Waals surface area contributed by atoms with Gasteiger partial charge in [0.15, 0.2) is 0 Å². The number of carbonyl (C=O) groups excluding carboxylic acids is 1. The molecule has 0 radical (unpaired) electrons. The average Bonchev–Trinajstić information content (AvgIpc) is 2.54. The number of carbonyl (C=O) groups is 1. The Morgan fingerprint density at radius 1 is 1.29 bits per heavy atom. The van der Waals surface area contributed by atoms with Gasteiger partial charge >= 0.3 is 0 Å². The molecule has 1 unspecified atom stereocenters. The molecule has 2 aromatic rings. The summed E-state index contributed by atoms with van der Waals surface area (Å²) >= 11 is 0. The zero-order chi connectivity index (χ0) is 14.7. The SMILES string of the molecule is CN(CC1CCCCN1)C(=O)c1ccc2nccnc2c1. The van der Waals surface area contributed by atoms with Crippen LogP contribution < -0.4 is 5.32 Å². The standard InChI is InChI=1S/C16H20N4O/c1-20(11-13-4-2-3-7-17-13)16(21)12-5-6-14-15(10-12)19-9-8-18-14/h5-6,8-10,13,17H,2-4,7,11H2,1H3. The molecule has 1 aliphatic heterocycles. The van der Waals surface area contributed by atoms with Crippen LogP contribution in [0.2, 0.25) is 0 Å². The Hall–Kier alpha value is -2.01. The molecule has 1 aromatic carbocycles. The summed E-state index contributed by atoms with van der Waals surface area (Å²) in [4.78, 5) is 22.8. The van der Waals surface area contributed by atoms with Crippen LogP contribution in [0.15, 0.2) is 30.6 Å². The van der Waals surface area contributed by atoms with Crippen molar-refractivity contribution < 1.29 is 4.79 Å². The van der Waals surface area contributed by atoms with E-state index >= 15 is 0 Å². The molecule has 5 nitrogen and oxygen atoms in total. The molecule has 0 saturated carbocycles. The quantitative estimate of drug-likeness (QED) is 0.934. The number of likely N-dealkylation sites (N-methyl/N-ethyl adjacent to an activating group) is 1. The summed E-state index contributed by atoms with van der Waals surface area (Å²) in [6.07, 6.45) is 6.92. The Morgan fingerprint density at radius 2 is 2.10 bits per heavy atom. The smallest absolute Gasteiger partial charge is 0.253 e. The maximum Gasteiger partial charge on any atom is 0.253 e. The highest BCUT2D eigenvalue weighted by Crippen LogP contribution is 2.14. The minimum atomic E-state index is 0.0370. The first-order valence-corrected chi connectivity index (χ1v) is 7.43. The lowest BCUT2D eigenvalue weighted by molar-refractivity contribution is 0.0775. The van der Waals surface area contributed by atoms with Crippen LogP contribution in [0.3, 0.4) is 0 Å². The number of fused-ring (bicyclic) bond motifs is 1. The molecule has 1 aliphatic rings. The van der Waals surface area contributed by atoms with Crippen molar-refractivity contribution in [1.82, 2.24) is 20.2 Å². The van der Waals surface area contributed by atoms with E-state index in [0.29, 0.717) is 11.6 Å². The number of hydrogen-bond acceptors (Lipinski definition) is 4. The molecule has 2 heterocycles. The second kappa shape index (κ2) is 6.18. The van der Waals surface area contributed by atoms with E-state index in [4.69, 9.17) is 0 Å². The van der Waals surface area contributed by atoms with Crippen molar-refractivity contribution in [1.29, 1.82) is 0 Å². The molecular weight excluding hydrogens is 264 g/mol. The number of rotatable bonds is 3. The van der Waals surface area contributed by atoms with Crippen molar-refractivity contribution in [2.24, 2.45) is 0 Å². The van der Waals surface area contributed by atoms with Gasteiger partial charge in [0.25, 0.3) is 5.91 Å². The summed E-state index contributed by atoms with van der Waals surface area (Å²) in [6.45, 7) is 1.80. The third-order valence-electron chi connectivity index (χ3n) is 3.97. The molecule has 0 bridgehead atoms. The van der Waals surface area contributed by atoms with Crippen molar-refractivity contribution in [3.05, 3.63) is 36.2 Å². The molecule has 1 saturated heterocycles. The first kappa shape index (κ1) is 13.9. The number of amides is 1. The van der Waals surface area contributed by atoms with E-state index in [9.17, 15) is 4.79 Å². The van der Waals surface area contributed by atoms with Crippen molar-refractivity contribution >= 4 is 16.9 Å². The van der Waals surface area contributed by atoms with E-state index in [2.05, 4.69) is 15.3 Å². The normalized spacial score (nSPS) is 18.6. The van der Waals surface area contributed by atoms with E-state index < -0.39 is 0 Å². The first-order valence-electron chi connectivity index (χ1n) is 7.43. The number of nitrogens with zero attached hydrogens (tertiary/aromatic N) is 3. The van der Waals surface area contributed by atoms with Crippen LogP contribution in [0.4, 0.5) is 0 Å². The predicted molar refractivity (Wildman–Crippen MR) is 82.1 cm³/mol. The summed E-state index contributed by atoms with van der Waals surface area (Å²) in [7, 11) is 1.86. The van der Waals surface area contributed by atoms with Gasteiger partial charge in [0.05, 0.1) is 11.0 Å². The topological polar surface area (TPSA) is 58.1 Å². The zero-order valence-electron chi connectivity index (χ0n) is 12.2. The van der Waals surface area contributed by atoms with E-state index in [1.807, 2.05) is 25.2 Å². The monoisotopic (exact) mass is 284 g/mol. The summed E-state index contributed by atoms with van der Waals surface area (Å²) in [5.74, 6) is 0.0370. The van der Waals surface area contributed by atoms with E-state index in [1.54, 1.807) is 17.3 Å². The Morgan fingerprint density at radius 3 is 2.86 bits per heavy atom. The summed E-state index contributed by atoms with van der Waals surface area (Å²) in [5.41, 5.74) is 2.24. The molecule has 1 atom stereocenters. The maximum absolute atomic E-state index is 12.5. The van der Waals surface area contributed by atoms with Gasteiger partial charge in [-0.15, -0.1) is 0 Å². The van der Waals surface area contributed by atoms with E-state index in [1.165, 1.54) is 12.8 Å². The minimum absolute atomic E-state index is 0.0370. The van der Waals surface area contributed by atoms with Gasteiger partial charge in [-0.1, -0.05) is 6.42 Å². The lowest BCUT2D eigenvalue weighted by atomic mass is 10.0. The lowest BCUT2D eigenvalue weighted by Crippen LogP contribution is -2.44. The van der Waals surface area contributed by atoms with Gasteiger partial charge in [0.1, 0.15) is 0 Å². The van der Waals surface area contributed by atoms with Gasteiger partial charge in [0.2, 0.25) is 0 Å². The van der Waals surface area contributed by atoms with Gasteiger partial charge in [-0.2, -0.15) is 0 Å². The molecule has 1 aromatic heterocycles. The molecule has 0 spiro atoms. The van der Waals surface area contributed by atoms with Gasteiger partial charge in [-0.25, -0.2) is 0 Å². The molecule has 1 amide bonds. The highest BCUT2D eigenvalue weighted by Gasteiger charge is 2.19. The number of benzene rings is 1. The second-order valence-electron chi connectivity index (χ2n) is 5.59. The molecule has 21 heavy (non-hydrogen) atoms. The number of aromatic nitrogens is 2. The Bertz CT molecular complexity index is 637. The van der Waals surface area contributed by atoms with Gasteiger partial charge in [0, 0.05) is 37.6 Å². The highest BCUT2D eigenvalue weighted by atomic mass is 16.2. The average molecular weight is 284 g/mol. The van der Waals surface area contributed by atoms with Gasteiger partial charge in [-0.05, 0) is 37.6 Å². The Kier molecular flexibility index (Phi) is 4.10. The Balaban J connectivity index is 1.72. The summed E-state index contributed by atoms with van der Waals surface area (Å²) in [6, 6.07) is 5.90. The third-order valence-corrected chi connectivity index (χ3v) is 3.97. The van der Waals surface area contributed by atoms with Crippen LogP contribution >= 0.6 is 0 Å². The van der Waals surface area contributed by atoms with Crippen LogP contribution in [0.1, 0.15) is 29.6 Å². The highest BCUT2D eigenvalue weighted by molar-refractivity contribution is 5.97. The summed E-state index contributed by atoms with van der Waals surface area (Å²) in [5, 5.41) is 3.47. The molecule has 3 rings (SSSR count). The van der Waals surface area contributed by atoms with Crippen LogP contribution in [-0.4, -0.2) is 47.0 Å². The first-order chi connectivity index (χ1) is 10.2. The maximum atomic E-state index is 12.5. The van der Waals surface area contributed by atoms with E-state index in [0.717, 1.165) is 30.5 Å². The molecule has 5 heteroatoms. The van der Waals surface area contributed by atoms with Crippen LogP contribution in [-0.2, 0) is 0 Å². The van der Waals surface area contributed by atoms with Crippen molar-refractivity contribution in [3.63, 3.8) is 0 Å². The predicted octanol–water partition coefficient (Wildman–Crippen LogP) is 1.84. The molecule has 1 N–H and O–H groups in total. The van der Waals surface area contributed by atoms with Crippen LogP contribution in [0, 0.1) is 0 Å². The Labute approximate surface area is 124 Å². The van der Waals surface area contributed by atoms with Crippen LogP contribution in [0.25, 0.3) is 11.0 Å². The molecule has 1 fully saturated rings. The minimum Gasteiger partial charge on any atom is -0.340 e. The number of piperidine rings is 1. The summed E-state index contributed by atoms with van der Waals surface area (Å²) < 4.78 is 0. The number of hydrogen-bond donors (Lipinski definition) is 1. The fraction of sp³-hybridized carbons (Fsp3) is 0.438. The van der Waals surface area contributed by atoms with Crippen molar-refractivity contribution in [2.45, 2.75) is 25.3 Å². The van der Waals surface area contributed by atoms with Gasteiger partial charge < -0.3 is 10.2 Å². The van der Waals surface area contributed by atoms with Crippen LogP contribution in [0.5, 0.6) is 0 Å². The largest absolute Gasteiger partial charge is 0.340 e. The second-order valence-corrected chi connectivity index (χ2v) is 5.59. The molecular formula is C16H20N4O. The zero-order valence-corrected chi connectivity index (χ0v) is 12.2. The fourth-order valence-corrected chi connectivity index (χ4v) is 2.81. The van der Waals surface area contributed by atoms with Crippen molar-refractivity contribution in [2.75, 3.05) is 20.1 Å². The van der Waals surface area contributed by atoms with Crippen molar-refractivity contribution in [3.8, 4) is 0 Å².